The maximum absolute atomic E-state index is 16.5. The van der Waals surface area contributed by atoms with Crippen LogP contribution < -0.4 is 72.5 Å². The number of amides is 8. The second-order valence-electron chi connectivity index (χ2n) is 35.5. The lowest BCUT2D eigenvalue weighted by atomic mass is 9.83. The number of nitrogens with one attached hydrogen (secondary N) is 9. The minimum Gasteiger partial charge on any atom is -0.507 e. The number of carbonyl (C=O) groups is 12. The summed E-state index contributed by atoms with van der Waals surface area (Å²) < 4.78 is 63.0. The number of benzene rings is 6. The van der Waals surface area contributed by atoms with Gasteiger partial charge in [0.05, 0.1) is 52.9 Å². The van der Waals surface area contributed by atoms with Crippen LogP contribution in [0.2, 0.25) is 10.0 Å². The Morgan fingerprint density at radius 1 is 0.709 bits per heavy atom. The van der Waals surface area contributed by atoms with Crippen molar-refractivity contribution < 1.29 is 161 Å². The molecule has 6 aromatic rings. The van der Waals surface area contributed by atoms with E-state index in [0.717, 1.165) is 118 Å². The number of likely N-dealkylation sites (N-methyl/N-ethyl adjacent to an activating group) is 1. The minimum atomic E-state index is -4.86. The number of nitrogens with two attached hydrogens (primary N) is 1. The second kappa shape index (κ2) is 49.3. The van der Waals surface area contributed by atoms with Gasteiger partial charge in [0.15, 0.2) is 29.9 Å². The summed E-state index contributed by atoms with van der Waals surface area (Å²) in [5.74, 6) is -18.3. The zero-order valence-corrected chi connectivity index (χ0v) is 80.1. The first-order valence-electron chi connectivity index (χ1n) is 45.8. The fourth-order valence-corrected chi connectivity index (χ4v) is 18.2. The number of halogens is 2. The number of phenolic OH excluding ortho intramolecular Hbond substituents is 3. The number of esters is 1. The van der Waals surface area contributed by atoms with Gasteiger partial charge in [-0.25, -0.2) is 9.59 Å². The lowest BCUT2D eigenvalue weighted by Crippen LogP contribution is -2.67. The number of carboxylic acid groups (broad SMARTS) is 1. The highest BCUT2D eigenvalue weighted by atomic mass is 35.5. The highest BCUT2D eigenvalue weighted by Crippen LogP contribution is 2.52. The number of aldehydes is 2. The van der Waals surface area contributed by atoms with Gasteiger partial charge in [-0.05, 0) is 147 Å². The van der Waals surface area contributed by atoms with Crippen LogP contribution in [-0.4, -0.2) is 262 Å². The molecule has 141 heavy (non-hydrogen) atoms. The third kappa shape index (κ3) is 27.2. The summed E-state index contributed by atoms with van der Waals surface area (Å²) in [5.41, 5.74) is -1.24. The van der Waals surface area contributed by atoms with E-state index in [0.29, 0.717) is 18.4 Å². The molecular formula is C94H118Cl2N11O33P. The first-order valence-corrected chi connectivity index (χ1v) is 48.2. The van der Waals surface area contributed by atoms with Gasteiger partial charge in [0, 0.05) is 49.2 Å². The van der Waals surface area contributed by atoms with E-state index in [9.17, 15) is 94.2 Å². The number of primary amides is 1. The predicted octanol–water partition coefficient (Wildman–Crippen LogP) is 4.24. The van der Waals surface area contributed by atoms with E-state index in [-0.39, 0.29) is 55.1 Å². The maximum Gasteiger partial charge on any atom is 0.410 e. The molecule has 11 bridgehead atoms. The molecule has 7 heterocycles. The number of carbonyl (C=O) groups excluding carboxylic acids is 11. The number of nitrogens with zero attached hydrogens (tertiary/aromatic N) is 1. The SMILES string of the molecule is CCCCCCCCCCNCCN(C(=O)OCc1ccc(OC(=O)CCC(C=O)P(=O)(O)O)cc1)C1(C)CC(OC2C(Oc3c4cc5cc3Oc3ccc(cc3Cl)[C@H](O)C(NC(=O)C(CC(C)C)NC)C(=O)NC(CC(N)=O)C(=O)NC5C(=O)NC3C(=O)NC(C(=O)N[C@@H](C(=O)O)c5cc(O)c(CNCC=O)c(O)c5-c5cc3ccc5O)[C@H](O)c3ccc(c(Cl)c3)O4)OC(CO)C(O)C2O)OC(C)C1O. The highest BCUT2D eigenvalue weighted by Gasteiger charge is 2.55. The summed E-state index contributed by atoms with van der Waals surface area (Å²) in [4.78, 5) is 191. The lowest BCUT2D eigenvalue weighted by molar-refractivity contribution is -0.337. The van der Waals surface area contributed by atoms with Gasteiger partial charge < -0.3 is 162 Å². The zero-order valence-electron chi connectivity index (χ0n) is 77.7. The molecule has 2 saturated heterocycles. The second-order valence-corrected chi connectivity index (χ2v) is 38.2. The quantitative estimate of drug-likeness (QED) is 0.00847. The number of ether oxygens (including phenoxy) is 8. The highest BCUT2D eigenvalue weighted by molar-refractivity contribution is 7.53. The predicted molar refractivity (Wildman–Crippen MR) is 498 cm³/mol. The third-order valence-corrected chi connectivity index (χ3v) is 26.7. The monoisotopic (exact) mass is 2030 g/mol. The van der Waals surface area contributed by atoms with Crippen molar-refractivity contribution in [2.45, 2.75) is 246 Å². The normalized spacial score (nSPS) is 24.6. The van der Waals surface area contributed by atoms with Gasteiger partial charge >= 0.3 is 25.6 Å². The number of hydrogen-bond acceptors (Lipinski definition) is 33. The Hall–Kier alpha value is -11.8. The van der Waals surface area contributed by atoms with E-state index in [1.165, 1.54) is 56.1 Å². The molecule has 0 radical (unpaired) electrons. The van der Waals surface area contributed by atoms with E-state index in [1.807, 2.05) is 0 Å². The molecule has 44 nitrogen and oxygen atoms in total. The van der Waals surface area contributed by atoms with Crippen molar-refractivity contribution in [1.82, 2.24) is 52.8 Å². The van der Waals surface area contributed by atoms with E-state index in [2.05, 4.69) is 54.8 Å². The number of aliphatic carboxylic acids is 1. The Bertz CT molecular complexity index is 5590. The van der Waals surface area contributed by atoms with Crippen LogP contribution in [0.1, 0.15) is 187 Å². The molecule has 7 aliphatic heterocycles. The maximum atomic E-state index is 16.5. The molecule has 0 spiro atoms. The van der Waals surface area contributed by atoms with Crippen LogP contribution >= 0.6 is 30.8 Å². The third-order valence-electron chi connectivity index (χ3n) is 24.8. The van der Waals surface area contributed by atoms with Crippen LogP contribution in [0.15, 0.2) is 97.1 Å². The number of aromatic hydroxyl groups is 3. The molecule has 16 unspecified atom stereocenters. The van der Waals surface area contributed by atoms with Crippen molar-refractivity contribution >= 4 is 103 Å². The molecule has 23 N–H and O–H groups in total. The molecular weight excluding hydrogens is 1910 g/mol. The topological polar surface area (TPSA) is 676 Å². The number of rotatable bonds is 38. The molecule has 2 fully saturated rings. The lowest BCUT2D eigenvalue weighted by Gasteiger charge is -2.51. The zero-order chi connectivity index (χ0) is 103. The van der Waals surface area contributed by atoms with Crippen LogP contribution in [0.5, 0.6) is 51.7 Å². The standard InChI is InChI=1S/C94H118Cl2N11O33P/c1-7-8-9-10-11-12-13-14-27-99-28-30-107(93(129)133-44-47-15-20-52(21-16-47)135-69(114)26-22-53(42-109)141(130,131)132)94(5)40-70(134-46(4)84(94)120)139-83-81(119)80(118)67(43-110)138-92(83)140-82-65-36-51-37-66(82)137-64-25-19-50(35-58(64)96)78(116)76-90(126)104-74(91(127)128)55-38-62(112)56(41-100-29-31-108)79(117)71(55)54-33-48(17-23-61(54)111)72(87(123)106-76)103-88(124)73(51)102-86(122)60(39-68(97)113)101-89(125)75(105-85(121)59(98-6)32-45(2)3)77(115)49-18-24-63(136-65)57(95)34-49/h15-21,23-25,31,33-38,42,45-46,53,59-60,67,70,72-78,80-81,83-84,92,98-100,110-112,115-120H,7-14,22,26-30,32,39-41,43-44H2,1-6H3,(H2,97,113)(H,101,125)(H,102,122)(H,103,124)(H,104,126)(H,105,121)(H,106,123)(H,127,128)(H2,130,131,132)/t46?,53?,59?,60?,67?,70?,72?,73?,74-,75?,76?,77+,78-,80?,81?,83?,84?,92?,94?/m1/s1. The molecule has 8 amide bonds. The molecule has 766 valence electrons. The van der Waals surface area contributed by atoms with Crippen molar-refractivity contribution in [2.24, 2.45) is 11.7 Å². The summed E-state index contributed by atoms with van der Waals surface area (Å²) in [6.07, 6.45) is -14.6. The summed E-state index contributed by atoms with van der Waals surface area (Å²) in [5, 5.41) is 143. The van der Waals surface area contributed by atoms with Gasteiger partial charge in [-0.3, -0.25) is 47.8 Å². The summed E-state index contributed by atoms with van der Waals surface area (Å²) in [6, 6.07) is 2.92. The average Bonchev–Trinajstić information content (AvgIpc) is 0.762. The van der Waals surface area contributed by atoms with Gasteiger partial charge in [0.2, 0.25) is 53.4 Å². The van der Waals surface area contributed by atoms with E-state index < -0.39 is 317 Å². The Morgan fingerprint density at radius 2 is 1.33 bits per heavy atom. The Balaban J connectivity index is 1.07. The molecule has 6 aromatic carbocycles. The van der Waals surface area contributed by atoms with Gasteiger partial charge in [-0.2, -0.15) is 0 Å². The molecule has 0 aromatic heterocycles. The Morgan fingerprint density at radius 3 is 1.94 bits per heavy atom. The van der Waals surface area contributed by atoms with E-state index in [1.54, 1.807) is 13.8 Å². The van der Waals surface area contributed by atoms with Crippen LogP contribution in [0.25, 0.3) is 11.1 Å². The van der Waals surface area contributed by atoms with Crippen molar-refractivity contribution in [2.75, 3.05) is 39.8 Å². The van der Waals surface area contributed by atoms with Gasteiger partial charge in [0.25, 0.3) is 0 Å². The minimum absolute atomic E-state index is 0.0166. The van der Waals surface area contributed by atoms with Crippen LogP contribution in [0, 0.1) is 5.92 Å². The van der Waals surface area contributed by atoms with E-state index >= 15 is 28.8 Å². The van der Waals surface area contributed by atoms with Gasteiger partial charge in [0.1, 0.15) is 126 Å². The fraction of sp³-hybridized carbons (Fsp3) is 0.489. The van der Waals surface area contributed by atoms with E-state index in [4.69, 9.17) is 66.8 Å². The average molecular weight is 2030 g/mol. The number of unbranched alkanes of at least 4 members (excludes halogenated alkanes) is 7. The fourth-order valence-electron chi connectivity index (χ4n) is 17.1. The largest absolute Gasteiger partial charge is 0.507 e. The molecule has 13 rings (SSSR count). The Labute approximate surface area is 818 Å². The van der Waals surface area contributed by atoms with Crippen molar-refractivity contribution in [3.05, 3.63) is 146 Å². The van der Waals surface area contributed by atoms with Crippen molar-refractivity contribution in [3.63, 3.8) is 0 Å². The summed E-state index contributed by atoms with van der Waals surface area (Å²) in [7, 11) is -3.41. The van der Waals surface area contributed by atoms with Crippen LogP contribution in [0.3, 0.4) is 0 Å². The molecule has 47 heteroatoms. The smallest absolute Gasteiger partial charge is 0.410 e. The number of fused-ring (bicyclic) bond motifs is 15. The number of aliphatic hydroxyl groups excluding tert-OH is 6. The Kier molecular flexibility index (Phi) is 38.3. The summed E-state index contributed by atoms with van der Waals surface area (Å²) >= 11 is 14.4. The van der Waals surface area contributed by atoms with Gasteiger partial charge in [-0.1, -0.05) is 119 Å². The number of phenols is 3. The summed E-state index contributed by atoms with van der Waals surface area (Å²) in [6.45, 7) is 6.69. The van der Waals surface area contributed by atoms with Crippen molar-refractivity contribution in [1.29, 1.82) is 0 Å². The number of carboxylic acids is 1. The number of hydrogen-bond donors (Lipinski definition) is 22. The molecule has 0 saturated carbocycles. The molecule has 19 atom stereocenters. The van der Waals surface area contributed by atoms with Crippen molar-refractivity contribution in [3.8, 4) is 62.9 Å². The molecule has 7 aliphatic rings. The first-order chi connectivity index (χ1) is 67.0. The number of aliphatic hydroxyl groups is 6. The van der Waals surface area contributed by atoms with Gasteiger partial charge in [-0.15, -0.1) is 0 Å². The first kappa shape index (κ1) is 110. The van der Waals surface area contributed by atoms with Crippen LogP contribution in [0.4, 0.5) is 4.79 Å². The van der Waals surface area contributed by atoms with Crippen LogP contribution in [-0.2, 0) is 89.4 Å². The molecule has 0 aliphatic carbocycles.